The summed E-state index contributed by atoms with van der Waals surface area (Å²) in [4.78, 5) is 17.7. The monoisotopic (exact) mass is 363 g/mol. The highest BCUT2D eigenvalue weighted by atomic mass is 32.2. The predicted octanol–water partition coefficient (Wildman–Crippen LogP) is 1.24. The molecule has 2 heterocycles. The molecule has 24 heavy (non-hydrogen) atoms. The van der Waals surface area contributed by atoms with Crippen molar-refractivity contribution in [3.63, 3.8) is 0 Å². The summed E-state index contributed by atoms with van der Waals surface area (Å²) in [7, 11) is -3.04. The van der Waals surface area contributed by atoms with Gasteiger partial charge in [0.1, 0.15) is 6.42 Å². The fourth-order valence-corrected chi connectivity index (χ4v) is 7.00. The van der Waals surface area contributed by atoms with E-state index in [0.29, 0.717) is 11.7 Å². The number of nitrogens with zero attached hydrogens (tertiary/aromatic N) is 3. The van der Waals surface area contributed by atoms with Gasteiger partial charge in [-0.1, -0.05) is 42.1 Å². The highest BCUT2D eigenvalue weighted by Crippen LogP contribution is 2.38. The van der Waals surface area contributed by atoms with E-state index in [1.807, 2.05) is 35.2 Å². The molecular weight excluding hydrogens is 346 g/mol. The number of nitriles is 1. The van der Waals surface area contributed by atoms with Crippen LogP contribution < -0.4 is 0 Å². The third-order valence-corrected chi connectivity index (χ3v) is 7.36. The van der Waals surface area contributed by atoms with Crippen LogP contribution >= 0.6 is 11.8 Å². The molecule has 2 aliphatic rings. The summed E-state index contributed by atoms with van der Waals surface area (Å²) in [5.74, 6) is -0.256. The van der Waals surface area contributed by atoms with E-state index < -0.39 is 15.7 Å². The number of aliphatic imine (C=N–C) groups is 1. The van der Waals surface area contributed by atoms with Crippen molar-refractivity contribution < 1.29 is 13.2 Å². The Morgan fingerprint density at radius 3 is 2.79 bits per heavy atom. The Balaban J connectivity index is 1.79. The molecule has 0 aliphatic carbocycles. The molecule has 2 fully saturated rings. The van der Waals surface area contributed by atoms with Crippen LogP contribution in [0.1, 0.15) is 12.0 Å². The first-order valence-electron chi connectivity index (χ1n) is 7.64. The molecule has 1 aromatic carbocycles. The van der Waals surface area contributed by atoms with Crippen LogP contribution in [-0.2, 0) is 21.1 Å². The Labute approximate surface area is 145 Å². The molecule has 0 radical (unpaired) electrons. The Kier molecular flexibility index (Phi) is 4.92. The van der Waals surface area contributed by atoms with Crippen LogP contribution in [0.15, 0.2) is 35.3 Å². The molecule has 0 saturated carbocycles. The minimum absolute atomic E-state index is 0.0839. The van der Waals surface area contributed by atoms with Crippen molar-refractivity contribution in [3.8, 4) is 6.07 Å². The third kappa shape index (κ3) is 3.79. The number of fused-ring (bicyclic) bond motifs is 1. The molecule has 126 valence electrons. The van der Waals surface area contributed by atoms with Gasteiger partial charge in [-0.15, -0.1) is 0 Å². The molecular formula is C16H17N3O3S2. The van der Waals surface area contributed by atoms with Gasteiger partial charge in [0.25, 0.3) is 5.91 Å². The van der Waals surface area contributed by atoms with Gasteiger partial charge >= 0.3 is 0 Å². The lowest BCUT2D eigenvalue weighted by Gasteiger charge is -2.24. The molecule has 0 spiro atoms. The molecule has 6 nitrogen and oxygen atoms in total. The molecule has 0 N–H and O–H groups in total. The number of benzene rings is 1. The zero-order valence-electron chi connectivity index (χ0n) is 13.0. The summed E-state index contributed by atoms with van der Waals surface area (Å²) in [6.45, 7) is 0.604. The molecule has 0 bridgehead atoms. The zero-order valence-corrected chi connectivity index (χ0v) is 14.6. The van der Waals surface area contributed by atoms with Crippen LogP contribution in [0.3, 0.4) is 0 Å². The number of sulfone groups is 1. The third-order valence-electron chi connectivity index (χ3n) is 4.11. The lowest BCUT2D eigenvalue weighted by Crippen LogP contribution is -2.39. The number of carbonyl (C=O) groups excluding carboxylic acids is 1. The molecule has 2 atom stereocenters. The van der Waals surface area contributed by atoms with Gasteiger partial charge in [0, 0.05) is 11.8 Å². The number of amidine groups is 1. The van der Waals surface area contributed by atoms with Gasteiger partial charge in [0.15, 0.2) is 15.0 Å². The Morgan fingerprint density at radius 1 is 1.33 bits per heavy atom. The lowest BCUT2D eigenvalue weighted by atomic mass is 10.1. The Hall–Kier alpha value is -1.85. The van der Waals surface area contributed by atoms with Crippen molar-refractivity contribution in [2.75, 3.05) is 18.1 Å². The number of thioether (sulfide) groups is 1. The van der Waals surface area contributed by atoms with Crippen molar-refractivity contribution in [1.82, 2.24) is 4.90 Å². The predicted molar refractivity (Wildman–Crippen MR) is 93.3 cm³/mol. The standard InChI is InChI=1S/C16H17N3O3S2/c17-8-6-15(20)18-16-19(9-7-12-4-2-1-3-5-12)13-10-24(21,22)11-14(13)23-16/h1-5,13-14H,6-7,9-11H2/t13-,14+/m0/s1. The van der Waals surface area contributed by atoms with E-state index in [0.717, 1.165) is 12.0 Å². The first-order chi connectivity index (χ1) is 11.5. The normalized spacial score (nSPS) is 26.3. The van der Waals surface area contributed by atoms with E-state index in [-0.39, 0.29) is 29.2 Å². The zero-order chi connectivity index (χ0) is 17.2. The fourth-order valence-electron chi connectivity index (χ4n) is 3.01. The van der Waals surface area contributed by atoms with Gasteiger partial charge in [0.2, 0.25) is 0 Å². The molecule has 8 heteroatoms. The second-order valence-electron chi connectivity index (χ2n) is 5.85. The van der Waals surface area contributed by atoms with Gasteiger partial charge in [0.05, 0.1) is 23.6 Å². The minimum atomic E-state index is -3.04. The topological polar surface area (TPSA) is 90.6 Å². The van der Waals surface area contributed by atoms with Gasteiger partial charge in [-0.2, -0.15) is 10.3 Å². The second-order valence-corrected chi connectivity index (χ2v) is 9.21. The summed E-state index contributed by atoms with van der Waals surface area (Å²) in [6.07, 6.45) is 0.486. The van der Waals surface area contributed by atoms with E-state index in [4.69, 9.17) is 5.26 Å². The van der Waals surface area contributed by atoms with Crippen LogP contribution in [0.25, 0.3) is 0 Å². The maximum Gasteiger partial charge on any atom is 0.262 e. The van der Waals surface area contributed by atoms with E-state index in [2.05, 4.69) is 4.99 Å². The van der Waals surface area contributed by atoms with E-state index in [1.165, 1.54) is 11.8 Å². The number of hydrogen-bond donors (Lipinski definition) is 0. The molecule has 1 aromatic rings. The SMILES string of the molecule is N#CCC(=O)N=C1S[C@@H]2CS(=O)(=O)C[C@@H]2N1CCc1ccccc1. The Morgan fingerprint density at radius 2 is 2.08 bits per heavy atom. The van der Waals surface area contributed by atoms with Gasteiger partial charge in [-0.25, -0.2) is 8.42 Å². The molecule has 0 unspecified atom stereocenters. The first kappa shape index (κ1) is 17.0. The van der Waals surface area contributed by atoms with Crippen LogP contribution in [-0.4, -0.2) is 53.7 Å². The highest BCUT2D eigenvalue weighted by Gasteiger charge is 2.48. The maximum atomic E-state index is 11.9. The fraction of sp³-hybridized carbons (Fsp3) is 0.438. The van der Waals surface area contributed by atoms with Crippen molar-refractivity contribution in [2.45, 2.75) is 24.1 Å². The maximum absolute atomic E-state index is 11.9. The average molecular weight is 363 g/mol. The summed E-state index contributed by atoms with van der Waals surface area (Å²) < 4.78 is 23.8. The van der Waals surface area contributed by atoms with Crippen molar-refractivity contribution in [3.05, 3.63) is 35.9 Å². The Bertz CT molecular complexity index is 800. The van der Waals surface area contributed by atoms with Crippen molar-refractivity contribution >= 4 is 32.7 Å². The smallest absolute Gasteiger partial charge is 0.262 e. The van der Waals surface area contributed by atoms with Crippen molar-refractivity contribution in [1.29, 1.82) is 5.26 Å². The van der Waals surface area contributed by atoms with E-state index in [9.17, 15) is 13.2 Å². The van der Waals surface area contributed by atoms with Crippen LogP contribution in [0.4, 0.5) is 0 Å². The number of amides is 1. The second kappa shape index (κ2) is 6.95. The minimum Gasteiger partial charge on any atom is -0.346 e. The van der Waals surface area contributed by atoms with Crippen molar-refractivity contribution in [2.24, 2.45) is 4.99 Å². The summed E-state index contributed by atoms with van der Waals surface area (Å²) in [6, 6.07) is 11.6. The summed E-state index contributed by atoms with van der Waals surface area (Å²) in [5, 5.41) is 9.09. The average Bonchev–Trinajstić information content (AvgIpc) is 2.98. The summed E-state index contributed by atoms with van der Waals surface area (Å²) in [5.41, 5.74) is 1.15. The van der Waals surface area contributed by atoms with Gasteiger partial charge in [-0.05, 0) is 12.0 Å². The first-order valence-corrected chi connectivity index (χ1v) is 10.3. The number of carbonyl (C=O) groups is 1. The molecule has 3 rings (SSSR count). The molecule has 2 aliphatic heterocycles. The van der Waals surface area contributed by atoms with Gasteiger partial charge in [-0.3, -0.25) is 4.79 Å². The molecule has 0 aromatic heterocycles. The largest absolute Gasteiger partial charge is 0.346 e. The molecule has 1 amide bonds. The van der Waals surface area contributed by atoms with Gasteiger partial charge < -0.3 is 4.90 Å². The van der Waals surface area contributed by atoms with E-state index >= 15 is 0 Å². The number of rotatable bonds is 4. The van der Waals surface area contributed by atoms with Crippen LogP contribution in [0.5, 0.6) is 0 Å². The number of hydrogen-bond acceptors (Lipinski definition) is 5. The quantitative estimate of drug-likeness (QED) is 0.799. The lowest BCUT2D eigenvalue weighted by molar-refractivity contribution is -0.116. The summed E-state index contributed by atoms with van der Waals surface area (Å²) >= 11 is 1.35. The van der Waals surface area contributed by atoms with Crippen LogP contribution in [0.2, 0.25) is 0 Å². The molecule has 2 saturated heterocycles. The van der Waals surface area contributed by atoms with E-state index in [1.54, 1.807) is 6.07 Å². The highest BCUT2D eigenvalue weighted by molar-refractivity contribution is 8.15. The van der Waals surface area contributed by atoms with Crippen LogP contribution in [0, 0.1) is 11.3 Å².